The van der Waals surface area contributed by atoms with Crippen molar-refractivity contribution in [2.75, 3.05) is 21.3 Å². The number of nitrogens with one attached hydrogen (secondary N) is 1. The topological polar surface area (TPSA) is 69.7 Å². The van der Waals surface area contributed by atoms with Crippen LogP contribution in [0.4, 0.5) is 0 Å². The van der Waals surface area contributed by atoms with Gasteiger partial charge in [0.1, 0.15) is 0 Å². The molecule has 0 spiro atoms. The van der Waals surface area contributed by atoms with Crippen LogP contribution in [0.25, 0.3) is 0 Å². The summed E-state index contributed by atoms with van der Waals surface area (Å²) in [5.74, 6) is 1.02. The molecular weight excluding hydrogens is 368 g/mol. The predicted molar refractivity (Wildman–Crippen MR) is 111 cm³/mol. The van der Waals surface area contributed by atoms with Crippen molar-refractivity contribution in [1.29, 1.82) is 0 Å². The van der Waals surface area contributed by atoms with E-state index in [9.17, 15) is 4.79 Å². The zero-order valence-corrected chi connectivity index (χ0v) is 16.9. The van der Waals surface area contributed by atoms with Gasteiger partial charge in [0.15, 0.2) is 11.5 Å². The highest BCUT2D eigenvalue weighted by atomic mass is 16.5. The second kappa shape index (κ2) is 9.10. The first-order valence-electron chi connectivity index (χ1n) is 9.14. The third-order valence-electron chi connectivity index (χ3n) is 4.63. The average molecular weight is 392 g/mol. The fourth-order valence-corrected chi connectivity index (χ4v) is 3.09. The van der Waals surface area contributed by atoms with E-state index < -0.39 is 0 Å². The molecule has 0 aliphatic heterocycles. The molecule has 2 aromatic carbocycles. The molecule has 1 atom stereocenters. The molecule has 0 fully saturated rings. The average Bonchev–Trinajstić information content (AvgIpc) is 2.77. The Morgan fingerprint density at radius 2 is 1.59 bits per heavy atom. The SMILES string of the molecule is COc1cc(C(=O)N[C@@H](c2ccc(C)cc2)c2cccnc2)cc(OC)c1OC. The summed E-state index contributed by atoms with van der Waals surface area (Å²) in [4.78, 5) is 17.3. The number of rotatable bonds is 7. The Balaban J connectivity index is 1.98. The van der Waals surface area contributed by atoms with Crippen molar-refractivity contribution in [3.8, 4) is 17.2 Å². The number of benzene rings is 2. The van der Waals surface area contributed by atoms with E-state index in [-0.39, 0.29) is 11.9 Å². The van der Waals surface area contributed by atoms with Crippen LogP contribution in [0.15, 0.2) is 60.9 Å². The first kappa shape index (κ1) is 20.2. The Morgan fingerprint density at radius 1 is 0.931 bits per heavy atom. The quantitative estimate of drug-likeness (QED) is 0.660. The Labute approximate surface area is 170 Å². The first-order valence-corrected chi connectivity index (χ1v) is 9.14. The Morgan fingerprint density at radius 3 is 2.10 bits per heavy atom. The van der Waals surface area contributed by atoms with Gasteiger partial charge in [-0.25, -0.2) is 0 Å². The van der Waals surface area contributed by atoms with E-state index in [0.29, 0.717) is 22.8 Å². The Kier molecular flexibility index (Phi) is 6.34. The van der Waals surface area contributed by atoms with E-state index in [0.717, 1.165) is 16.7 Å². The number of aryl methyl sites for hydroxylation is 1. The monoisotopic (exact) mass is 392 g/mol. The van der Waals surface area contributed by atoms with Crippen molar-refractivity contribution in [2.24, 2.45) is 0 Å². The minimum atomic E-state index is -0.351. The van der Waals surface area contributed by atoms with Crippen LogP contribution in [0.5, 0.6) is 17.2 Å². The normalized spacial score (nSPS) is 11.4. The lowest BCUT2D eigenvalue weighted by atomic mass is 9.98. The third-order valence-corrected chi connectivity index (χ3v) is 4.63. The van der Waals surface area contributed by atoms with Crippen molar-refractivity contribution in [3.05, 3.63) is 83.2 Å². The maximum Gasteiger partial charge on any atom is 0.252 e. The number of ether oxygens (including phenoxy) is 3. The van der Waals surface area contributed by atoms with Gasteiger partial charge >= 0.3 is 0 Å². The molecule has 6 nitrogen and oxygen atoms in total. The minimum absolute atomic E-state index is 0.265. The molecule has 29 heavy (non-hydrogen) atoms. The van der Waals surface area contributed by atoms with E-state index in [2.05, 4.69) is 10.3 Å². The van der Waals surface area contributed by atoms with Crippen molar-refractivity contribution in [1.82, 2.24) is 10.3 Å². The molecular formula is C23H24N2O4. The summed E-state index contributed by atoms with van der Waals surface area (Å²) in [6.07, 6.45) is 3.46. The fraction of sp³-hybridized carbons (Fsp3) is 0.217. The van der Waals surface area contributed by atoms with Gasteiger partial charge in [0.2, 0.25) is 5.75 Å². The van der Waals surface area contributed by atoms with Crippen molar-refractivity contribution >= 4 is 5.91 Å². The van der Waals surface area contributed by atoms with Gasteiger partial charge in [0.25, 0.3) is 5.91 Å². The molecule has 0 aliphatic rings. The van der Waals surface area contributed by atoms with E-state index in [1.807, 2.05) is 43.3 Å². The predicted octanol–water partition coefficient (Wildman–Crippen LogP) is 3.94. The molecule has 3 aromatic rings. The first-order chi connectivity index (χ1) is 14.1. The molecule has 150 valence electrons. The van der Waals surface area contributed by atoms with Crippen LogP contribution in [0.3, 0.4) is 0 Å². The van der Waals surface area contributed by atoms with Gasteiger partial charge in [-0.1, -0.05) is 35.9 Å². The maximum atomic E-state index is 13.1. The van der Waals surface area contributed by atoms with Gasteiger partial charge < -0.3 is 19.5 Å². The van der Waals surface area contributed by atoms with Crippen molar-refractivity contribution in [2.45, 2.75) is 13.0 Å². The van der Waals surface area contributed by atoms with E-state index in [1.165, 1.54) is 21.3 Å². The number of carbonyl (C=O) groups excluding carboxylic acids is 1. The van der Waals surface area contributed by atoms with Crippen LogP contribution in [0.1, 0.15) is 33.1 Å². The summed E-state index contributed by atoms with van der Waals surface area (Å²) in [7, 11) is 4.56. The molecule has 1 heterocycles. The number of nitrogens with zero attached hydrogens (tertiary/aromatic N) is 1. The van der Waals surface area contributed by atoms with Gasteiger partial charge in [-0.2, -0.15) is 0 Å². The van der Waals surface area contributed by atoms with Gasteiger partial charge in [0.05, 0.1) is 27.4 Å². The van der Waals surface area contributed by atoms with Crippen LogP contribution in [0, 0.1) is 6.92 Å². The van der Waals surface area contributed by atoms with Crippen LogP contribution >= 0.6 is 0 Å². The lowest BCUT2D eigenvalue weighted by Crippen LogP contribution is -2.29. The number of hydrogen-bond donors (Lipinski definition) is 1. The number of methoxy groups -OCH3 is 3. The lowest BCUT2D eigenvalue weighted by molar-refractivity contribution is 0.0942. The van der Waals surface area contributed by atoms with Crippen LogP contribution < -0.4 is 19.5 Å². The van der Waals surface area contributed by atoms with Gasteiger partial charge in [-0.3, -0.25) is 9.78 Å². The van der Waals surface area contributed by atoms with Crippen LogP contribution in [0.2, 0.25) is 0 Å². The lowest BCUT2D eigenvalue weighted by Gasteiger charge is -2.21. The second-order valence-corrected chi connectivity index (χ2v) is 6.52. The van der Waals surface area contributed by atoms with Gasteiger partial charge in [-0.05, 0) is 36.2 Å². The van der Waals surface area contributed by atoms with Gasteiger partial charge in [-0.15, -0.1) is 0 Å². The molecule has 0 radical (unpaired) electrons. The maximum absolute atomic E-state index is 13.1. The number of amides is 1. The molecule has 0 aliphatic carbocycles. The number of hydrogen-bond acceptors (Lipinski definition) is 5. The molecule has 1 N–H and O–H groups in total. The van der Waals surface area contributed by atoms with Crippen LogP contribution in [-0.4, -0.2) is 32.2 Å². The zero-order chi connectivity index (χ0) is 20.8. The smallest absolute Gasteiger partial charge is 0.252 e. The number of pyridine rings is 1. The fourth-order valence-electron chi connectivity index (χ4n) is 3.09. The molecule has 1 amide bonds. The summed E-state index contributed by atoms with van der Waals surface area (Å²) >= 11 is 0. The summed E-state index contributed by atoms with van der Waals surface area (Å²) in [6.45, 7) is 2.03. The van der Waals surface area contributed by atoms with Crippen molar-refractivity contribution < 1.29 is 19.0 Å². The molecule has 1 aromatic heterocycles. The van der Waals surface area contributed by atoms with Crippen molar-refractivity contribution in [3.63, 3.8) is 0 Å². The molecule has 6 heteroatoms. The van der Waals surface area contributed by atoms with E-state index in [4.69, 9.17) is 14.2 Å². The molecule has 0 saturated carbocycles. The van der Waals surface area contributed by atoms with E-state index >= 15 is 0 Å². The van der Waals surface area contributed by atoms with Crippen LogP contribution in [-0.2, 0) is 0 Å². The Bertz CT molecular complexity index is 947. The highest BCUT2D eigenvalue weighted by Crippen LogP contribution is 2.38. The highest BCUT2D eigenvalue weighted by molar-refractivity contribution is 5.96. The summed E-state index contributed by atoms with van der Waals surface area (Å²) in [5.41, 5.74) is 3.40. The summed E-state index contributed by atoms with van der Waals surface area (Å²) in [5, 5.41) is 3.09. The Hall–Kier alpha value is -3.54. The zero-order valence-electron chi connectivity index (χ0n) is 16.9. The van der Waals surface area contributed by atoms with E-state index in [1.54, 1.807) is 24.5 Å². The van der Waals surface area contributed by atoms with Gasteiger partial charge in [0, 0.05) is 18.0 Å². The largest absolute Gasteiger partial charge is 0.493 e. The highest BCUT2D eigenvalue weighted by Gasteiger charge is 2.21. The molecule has 3 rings (SSSR count). The summed E-state index contributed by atoms with van der Waals surface area (Å²) in [6, 6.07) is 14.7. The number of carbonyl (C=O) groups is 1. The molecule has 0 unspecified atom stereocenters. The summed E-state index contributed by atoms with van der Waals surface area (Å²) < 4.78 is 16.1. The standard InChI is InChI=1S/C23H24N2O4/c1-15-7-9-16(10-8-15)21(17-6-5-11-24-14-17)25-23(26)18-12-19(27-2)22(29-4)20(13-18)28-3/h5-14,21H,1-4H3,(H,25,26)/t21-/m0/s1. The second-order valence-electron chi connectivity index (χ2n) is 6.52. The third kappa shape index (κ3) is 4.48. The molecule has 0 bridgehead atoms. The molecule has 0 saturated heterocycles. The minimum Gasteiger partial charge on any atom is -0.493 e. The number of aromatic nitrogens is 1.